The molecule has 0 heterocycles. The van der Waals surface area contributed by atoms with Crippen LogP contribution in [0, 0.1) is 0 Å². The summed E-state index contributed by atoms with van der Waals surface area (Å²) in [4.78, 5) is 0. The molecule has 2 unspecified atom stereocenters. The molecule has 1 aromatic rings. The molecule has 0 saturated carbocycles. The van der Waals surface area contributed by atoms with E-state index in [1.807, 2.05) is 6.07 Å². The molecular weight excluding hydrogens is 165 g/mol. The molecule has 0 aliphatic heterocycles. The molecule has 66 valence electrons. The van der Waals surface area contributed by atoms with E-state index in [9.17, 15) is 0 Å². The van der Waals surface area contributed by atoms with Gasteiger partial charge in [0.25, 0.3) is 0 Å². The first kappa shape index (κ1) is 9.70. The highest BCUT2D eigenvalue weighted by Crippen LogP contribution is 2.27. The Hall–Kier alpha value is -0.390. The minimum atomic E-state index is -0.0264. The van der Waals surface area contributed by atoms with Crippen molar-refractivity contribution >= 4 is 13.9 Å². The Morgan fingerprint density at radius 2 is 1.92 bits per heavy atom. The van der Waals surface area contributed by atoms with Gasteiger partial charge in [-0.05, 0) is 18.6 Å². The number of hydrogen-bond donors (Lipinski definition) is 1. The molecule has 12 heavy (non-hydrogen) atoms. The lowest BCUT2D eigenvalue weighted by atomic mass is 10.3. The van der Waals surface area contributed by atoms with Crippen molar-refractivity contribution in [3.05, 3.63) is 30.3 Å². The van der Waals surface area contributed by atoms with Crippen LogP contribution in [0.5, 0.6) is 0 Å². The highest BCUT2D eigenvalue weighted by molar-refractivity contribution is 7.48. The fraction of sp³-hybridized carbons (Fsp3) is 0.400. The van der Waals surface area contributed by atoms with E-state index < -0.39 is 0 Å². The number of nitrogens with two attached hydrogens (primary N) is 1. The van der Waals surface area contributed by atoms with Gasteiger partial charge in [0.15, 0.2) is 0 Å². The Morgan fingerprint density at radius 1 is 1.33 bits per heavy atom. The lowest BCUT2D eigenvalue weighted by Gasteiger charge is -2.22. The van der Waals surface area contributed by atoms with Crippen LogP contribution in [0.1, 0.15) is 20.3 Å². The smallest absolute Gasteiger partial charge is 0.0338 e. The fourth-order valence-corrected chi connectivity index (χ4v) is 2.13. The molecule has 0 aliphatic rings. The lowest BCUT2D eigenvalue weighted by Crippen LogP contribution is -2.31. The van der Waals surface area contributed by atoms with Crippen molar-refractivity contribution < 1.29 is 0 Å². The minimum absolute atomic E-state index is 0.0264. The summed E-state index contributed by atoms with van der Waals surface area (Å²) in [5.74, 6) is 0. The van der Waals surface area contributed by atoms with E-state index in [4.69, 9.17) is 5.73 Å². The van der Waals surface area contributed by atoms with E-state index in [0.717, 1.165) is 6.42 Å². The Bertz CT molecular complexity index is 231. The van der Waals surface area contributed by atoms with E-state index in [0.29, 0.717) is 8.58 Å². The third-order valence-corrected chi connectivity index (χ3v) is 3.48. The average Bonchev–Trinajstić information content (AvgIpc) is 2.06. The Kier molecular flexibility index (Phi) is 3.25. The molecule has 2 heteroatoms. The van der Waals surface area contributed by atoms with E-state index in [2.05, 4.69) is 38.1 Å². The van der Waals surface area contributed by atoms with Crippen molar-refractivity contribution in [2.24, 2.45) is 5.73 Å². The highest BCUT2D eigenvalue weighted by Gasteiger charge is 2.15. The van der Waals surface area contributed by atoms with Gasteiger partial charge in [0, 0.05) is 5.28 Å². The van der Waals surface area contributed by atoms with Crippen LogP contribution in [0.3, 0.4) is 0 Å². The quantitative estimate of drug-likeness (QED) is 0.710. The van der Waals surface area contributed by atoms with Crippen molar-refractivity contribution in [2.45, 2.75) is 25.5 Å². The van der Waals surface area contributed by atoms with Gasteiger partial charge < -0.3 is 5.73 Å². The maximum atomic E-state index is 6.06. The Labute approximate surface area is 76.1 Å². The number of hydrogen-bond acceptors (Lipinski definition) is 1. The van der Waals surface area contributed by atoms with Crippen LogP contribution in [-0.4, -0.2) is 5.28 Å². The molecule has 1 nitrogen and oxygen atoms in total. The molecule has 0 fully saturated rings. The van der Waals surface area contributed by atoms with E-state index in [-0.39, 0.29) is 5.28 Å². The third kappa shape index (κ3) is 2.92. The van der Waals surface area contributed by atoms with Gasteiger partial charge >= 0.3 is 0 Å². The molecule has 2 N–H and O–H groups in total. The molecule has 2 atom stereocenters. The van der Waals surface area contributed by atoms with Gasteiger partial charge in [-0.1, -0.05) is 45.8 Å². The van der Waals surface area contributed by atoms with Crippen LogP contribution in [0.15, 0.2) is 30.3 Å². The Morgan fingerprint density at radius 3 is 2.42 bits per heavy atom. The van der Waals surface area contributed by atoms with Crippen LogP contribution in [0.25, 0.3) is 0 Å². The van der Waals surface area contributed by atoms with Crippen LogP contribution >= 0.6 is 8.58 Å². The monoisotopic (exact) mass is 181 g/mol. The summed E-state index contributed by atoms with van der Waals surface area (Å²) in [7, 11) is 0.709. The zero-order valence-electron chi connectivity index (χ0n) is 7.67. The second-order valence-corrected chi connectivity index (χ2v) is 5.23. The average molecular weight is 181 g/mol. The third-order valence-electron chi connectivity index (χ3n) is 1.94. The summed E-state index contributed by atoms with van der Waals surface area (Å²) in [6.07, 6.45) is 1.03. The van der Waals surface area contributed by atoms with Gasteiger partial charge in [-0.15, -0.1) is 0 Å². The van der Waals surface area contributed by atoms with Gasteiger partial charge in [-0.3, -0.25) is 0 Å². The molecular formula is C10H16NP. The zero-order chi connectivity index (χ0) is 9.03. The molecule has 0 radical (unpaired) electrons. The predicted octanol–water partition coefficient (Wildman–Crippen LogP) is 2.08. The molecule has 1 rings (SSSR count). The van der Waals surface area contributed by atoms with Crippen molar-refractivity contribution in [3.63, 3.8) is 0 Å². The van der Waals surface area contributed by atoms with Crippen molar-refractivity contribution in [1.29, 1.82) is 0 Å². The van der Waals surface area contributed by atoms with Crippen LogP contribution in [0.2, 0.25) is 0 Å². The fourth-order valence-electron chi connectivity index (χ4n) is 0.940. The maximum absolute atomic E-state index is 6.06. The molecule has 0 aliphatic carbocycles. The summed E-state index contributed by atoms with van der Waals surface area (Å²) < 4.78 is 0. The zero-order valence-corrected chi connectivity index (χ0v) is 8.67. The lowest BCUT2D eigenvalue weighted by molar-refractivity contribution is 0.647. The summed E-state index contributed by atoms with van der Waals surface area (Å²) in [6, 6.07) is 10.4. The SMILES string of the molecule is CCC(C)(N)Pc1ccccc1. The standard InChI is InChI=1S/C10H16NP/c1-3-10(2,11)12-9-7-5-4-6-8-9/h4-8,12H,3,11H2,1-2H3. The summed E-state index contributed by atoms with van der Waals surface area (Å²) >= 11 is 0. The van der Waals surface area contributed by atoms with Crippen LogP contribution < -0.4 is 11.0 Å². The molecule has 1 aromatic carbocycles. The first-order valence-electron chi connectivity index (χ1n) is 4.26. The van der Waals surface area contributed by atoms with Crippen molar-refractivity contribution in [1.82, 2.24) is 0 Å². The Balaban J connectivity index is 2.64. The van der Waals surface area contributed by atoms with Gasteiger partial charge in [0.2, 0.25) is 0 Å². The molecule has 0 amide bonds. The number of rotatable bonds is 3. The predicted molar refractivity (Wildman–Crippen MR) is 57.3 cm³/mol. The van der Waals surface area contributed by atoms with E-state index >= 15 is 0 Å². The number of benzene rings is 1. The molecule has 0 saturated heterocycles. The second kappa shape index (κ2) is 4.02. The molecule has 0 bridgehead atoms. The molecule has 0 spiro atoms. The van der Waals surface area contributed by atoms with Gasteiger partial charge in [-0.2, -0.15) is 0 Å². The van der Waals surface area contributed by atoms with Gasteiger partial charge in [0.05, 0.1) is 0 Å². The highest BCUT2D eigenvalue weighted by atomic mass is 31.1. The van der Waals surface area contributed by atoms with Crippen LogP contribution in [0.4, 0.5) is 0 Å². The topological polar surface area (TPSA) is 26.0 Å². The first-order valence-corrected chi connectivity index (χ1v) is 5.26. The van der Waals surface area contributed by atoms with Gasteiger partial charge in [0.1, 0.15) is 0 Å². The van der Waals surface area contributed by atoms with E-state index in [1.54, 1.807) is 0 Å². The first-order chi connectivity index (χ1) is 5.64. The maximum Gasteiger partial charge on any atom is 0.0338 e. The summed E-state index contributed by atoms with van der Waals surface area (Å²) in [6.45, 7) is 4.24. The minimum Gasteiger partial charge on any atom is -0.322 e. The van der Waals surface area contributed by atoms with E-state index in [1.165, 1.54) is 5.30 Å². The normalized spacial score (nSPS) is 16.6. The summed E-state index contributed by atoms with van der Waals surface area (Å²) in [5, 5.41) is 1.32. The second-order valence-electron chi connectivity index (χ2n) is 3.26. The summed E-state index contributed by atoms with van der Waals surface area (Å²) in [5.41, 5.74) is 6.06. The van der Waals surface area contributed by atoms with Crippen LogP contribution in [-0.2, 0) is 0 Å². The largest absolute Gasteiger partial charge is 0.322 e. The van der Waals surface area contributed by atoms with Gasteiger partial charge in [-0.25, -0.2) is 0 Å². The van der Waals surface area contributed by atoms with Crippen molar-refractivity contribution in [3.8, 4) is 0 Å². The van der Waals surface area contributed by atoms with Crippen molar-refractivity contribution in [2.75, 3.05) is 0 Å². The molecule has 0 aromatic heterocycles.